The maximum absolute atomic E-state index is 4.52. The first-order chi connectivity index (χ1) is 7.83. The lowest BCUT2D eigenvalue weighted by molar-refractivity contribution is 1.01. The number of nitrogens with zero attached hydrogens (tertiary/aromatic N) is 2. The van der Waals surface area contributed by atoms with Gasteiger partial charge in [0, 0.05) is 24.4 Å². The lowest BCUT2D eigenvalue weighted by Gasteiger charge is -2.06. The molecule has 0 radical (unpaired) electrons. The summed E-state index contributed by atoms with van der Waals surface area (Å²) in [5.74, 6) is 1.65. The maximum atomic E-state index is 4.52. The Kier molecular flexibility index (Phi) is 3.15. The number of aromatic nitrogens is 2. The van der Waals surface area contributed by atoms with Crippen LogP contribution in [0.2, 0.25) is 0 Å². The third kappa shape index (κ3) is 2.19. The minimum absolute atomic E-state index is 0.782. The molecule has 1 aromatic carbocycles. The van der Waals surface area contributed by atoms with Crippen molar-refractivity contribution in [1.82, 2.24) is 9.97 Å². The molecule has 1 heterocycles. The first-order valence-electron chi connectivity index (χ1n) is 5.44. The molecule has 82 valence electrons. The molecular weight excluding hydrogens is 198 g/mol. The predicted octanol–water partition coefficient (Wildman–Crippen LogP) is 2.75. The van der Waals surface area contributed by atoms with E-state index in [9.17, 15) is 0 Å². The zero-order valence-electron chi connectivity index (χ0n) is 9.57. The van der Waals surface area contributed by atoms with Crippen LogP contribution in [0.4, 0.5) is 5.82 Å². The van der Waals surface area contributed by atoms with Crippen LogP contribution < -0.4 is 5.32 Å². The number of hydrogen-bond donors (Lipinski definition) is 1. The Hall–Kier alpha value is -1.90. The molecule has 16 heavy (non-hydrogen) atoms. The van der Waals surface area contributed by atoms with Gasteiger partial charge in [0.1, 0.15) is 5.82 Å². The molecule has 2 aromatic rings. The second kappa shape index (κ2) is 4.75. The molecule has 3 nitrogen and oxygen atoms in total. The smallest absolute Gasteiger partial charge is 0.161 e. The van der Waals surface area contributed by atoms with Gasteiger partial charge in [0.25, 0.3) is 0 Å². The molecule has 1 N–H and O–H groups in total. The zero-order chi connectivity index (χ0) is 11.4. The van der Waals surface area contributed by atoms with Crippen molar-refractivity contribution in [3.05, 3.63) is 42.1 Å². The van der Waals surface area contributed by atoms with Crippen LogP contribution in [0.1, 0.15) is 12.6 Å². The van der Waals surface area contributed by atoms with E-state index in [1.165, 1.54) is 0 Å². The highest BCUT2D eigenvalue weighted by Crippen LogP contribution is 2.17. The third-order valence-corrected chi connectivity index (χ3v) is 2.43. The maximum Gasteiger partial charge on any atom is 0.161 e. The Balaban J connectivity index is 2.48. The van der Waals surface area contributed by atoms with Crippen LogP contribution in [0.15, 0.2) is 36.4 Å². The van der Waals surface area contributed by atoms with Crippen molar-refractivity contribution in [2.24, 2.45) is 0 Å². The van der Waals surface area contributed by atoms with Crippen LogP contribution in [0, 0.1) is 0 Å². The van der Waals surface area contributed by atoms with Crippen molar-refractivity contribution in [3.8, 4) is 11.4 Å². The summed E-state index contributed by atoms with van der Waals surface area (Å²) in [6.45, 7) is 2.09. The van der Waals surface area contributed by atoms with Crippen LogP contribution in [0.5, 0.6) is 0 Å². The van der Waals surface area contributed by atoms with Gasteiger partial charge in [-0.25, -0.2) is 9.97 Å². The van der Waals surface area contributed by atoms with E-state index >= 15 is 0 Å². The first kappa shape index (κ1) is 10.6. The molecule has 0 spiro atoms. The summed E-state index contributed by atoms with van der Waals surface area (Å²) in [6.07, 6.45) is 0.914. The van der Waals surface area contributed by atoms with Gasteiger partial charge in [-0.05, 0) is 6.42 Å². The number of aryl methyl sites for hydroxylation is 1. The Morgan fingerprint density at radius 2 is 1.88 bits per heavy atom. The van der Waals surface area contributed by atoms with Crippen LogP contribution in [0.3, 0.4) is 0 Å². The second-order valence-corrected chi connectivity index (χ2v) is 3.54. The van der Waals surface area contributed by atoms with Gasteiger partial charge in [-0.15, -0.1) is 0 Å². The number of anilines is 1. The number of hydrogen-bond acceptors (Lipinski definition) is 3. The SMILES string of the molecule is CCc1cc(NC)nc(-c2ccccc2)n1. The van der Waals surface area contributed by atoms with E-state index in [-0.39, 0.29) is 0 Å². The summed E-state index contributed by atoms with van der Waals surface area (Å²) in [5.41, 5.74) is 2.10. The molecule has 0 saturated carbocycles. The largest absolute Gasteiger partial charge is 0.373 e. The standard InChI is InChI=1S/C13H15N3/c1-3-11-9-12(14-2)16-13(15-11)10-7-5-4-6-8-10/h4-9H,3H2,1-2H3,(H,14,15,16). The highest BCUT2D eigenvalue weighted by atomic mass is 15.0. The van der Waals surface area contributed by atoms with Crippen molar-refractivity contribution in [1.29, 1.82) is 0 Å². The molecule has 0 aliphatic rings. The van der Waals surface area contributed by atoms with Gasteiger partial charge in [-0.2, -0.15) is 0 Å². The normalized spacial score (nSPS) is 10.1. The fourth-order valence-electron chi connectivity index (χ4n) is 1.52. The minimum Gasteiger partial charge on any atom is -0.373 e. The average Bonchev–Trinajstić information content (AvgIpc) is 2.39. The Bertz CT molecular complexity index is 444. The van der Waals surface area contributed by atoms with Crippen LogP contribution >= 0.6 is 0 Å². The monoisotopic (exact) mass is 213 g/mol. The molecule has 0 atom stereocenters. The molecule has 0 aliphatic heterocycles. The van der Waals surface area contributed by atoms with E-state index in [1.807, 2.05) is 43.4 Å². The Labute approximate surface area is 95.6 Å². The molecule has 0 amide bonds. The fraction of sp³-hybridized carbons (Fsp3) is 0.231. The van der Waals surface area contributed by atoms with E-state index in [4.69, 9.17) is 0 Å². The summed E-state index contributed by atoms with van der Waals surface area (Å²) < 4.78 is 0. The van der Waals surface area contributed by atoms with Gasteiger partial charge in [0.2, 0.25) is 0 Å². The number of nitrogens with one attached hydrogen (secondary N) is 1. The van der Waals surface area contributed by atoms with Crippen molar-refractivity contribution in [3.63, 3.8) is 0 Å². The van der Waals surface area contributed by atoms with Gasteiger partial charge in [-0.1, -0.05) is 37.3 Å². The van der Waals surface area contributed by atoms with Gasteiger partial charge >= 0.3 is 0 Å². The Morgan fingerprint density at radius 1 is 1.12 bits per heavy atom. The van der Waals surface area contributed by atoms with Gasteiger partial charge in [0.15, 0.2) is 5.82 Å². The first-order valence-corrected chi connectivity index (χ1v) is 5.44. The molecule has 0 aliphatic carbocycles. The van der Waals surface area contributed by atoms with Gasteiger partial charge in [0.05, 0.1) is 0 Å². The lowest BCUT2D eigenvalue weighted by atomic mass is 10.2. The summed E-state index contributed by atoms with van der Waals surface area (Å²) >= 11 is 0. The van der Waals surface area contributed by atoms with Crippen molar-refractivity contribution >= 4 is 5.82 Å². The topological polar surface area (TPSA) is 37.8 Å². The van der Waals surface area contributed by atoms with E-state index in [0.717, 1.165) is 29.3 Å². The summed E-state index contributed by atoms with van der Waals surface area (Å²) in [7, 11) is 1.87. The van der Waals surface area contributed by atoms with E-state index in [2.05, 4.69) is 22.2 Å². The summed E-state index contributed by atoms with van der Waals surface area (Å²) in [4.78, 5) is 8.97. The molecule has 3 heteroatoms. The van der Waals surface area contributed by atoms with Crippen molar-refractivity contribution < 1.29 is 0 Å². The average molecular weight is 213 g/mol. The third-order valence-electron chi connectivity index (χ3n) is 2.43. The highest BCUT2D eigenvalue weighted by molar-refractivity contribution is 5.57. The number of benzene rings is 1. The van der Waals surface area contributed by atoms with Crippen LogP contribution in [0.25, 0.3) is 11.4 Å². The minimum atomic E-state index is 0.782. The summed E-state index contributed by atoms with van der Waals surface area (Å²) in [5, 5.41) is 3.06. The van der Waals surface area contributed by atoms with Crippen LogP contribution in [-0.2, 0) is 6.42 Å². The second-order valence-electron chi connectivity index (χ2n) is 3.54. The predicted molar refractivity (Wildman–Crippen MR) is 66.4 cm³/mol. The molecule has 0 bridgehead atoms. The highest BCUT2D eigenvalue weighted by Gasteiger charge is 2.04. The van der Waals surface area contributed by atoms with Gasteiger partial charge < -0.3 is 5.32 Å². The fourth-order valence-corrected chi connectivity index (χ4v) is 1.52. The molecule has 0 saturated heterocycles. The zero-order valence-corrected chi connectivity index (χ0v) is 9.57. The van der Waals surface area contributed by atoms with E-state index in [1.54, 1.807) is 0 Å². The molecule has 0 unspecified atom stereocenters. The molecule has 0 fully saturated rings. The van der Waals surface area contributed by atoms with Crippen molar-refractivity contribution in [2.75, 3.05) is 12.4 Å². The van der Waals surface area contributed by atoms with E-state index < -0.39 is 0 Å². The molecular formula is C13H15N3. The molecule has 2 rings (SSSR count). The number of rotatable bonds is 3. The lowest BCUT2D eigenvalue weighted by Crippen LogP contribution is -2.00. The van der Waals surface area contributed by atoms with E-state index in [0.29, 0.717) is 0 Å². The quantitative estimate of drug-likeness (QED) is 0.851. The van der Waals surface area contributed by atoms with Crippen molar-refractivity contribution in [2.45, 2.75) is 13.3 Å². The van der Waals surface area contributed by atoms with Gasteiger partial charge in [-0.3, -0.25) is 0 Å². The molecule has 1 aromatic heterocycles. The van der Waals surface area contributed by atoms with Crippen LogP contribution in [-0.4, -0.2) is 17.0 Å². The summed E-state index contributed by atoms with van der Waals surface area (Å²) in [6, 6.07) is 12.0. The Morgan fingerprint density at radius 3 is 2.50 bits per heavy atom.